The van der Waals surface area contributed by atoms with E-state index in [-0.39, 0.29) is 11.6 Å². The number of rotatable bonds is 4. The number of hydrogen-bond donors (Lipinski definition) is 3. The molecule has 3 N–H and O–H groups in total. The minimum atomic E-state index is -1.05. The van der Waals surface area contributed by atoms with Crippen LogP contribution >= 0.6 is 0 Å². The Balaban J connectivity index is 1.98. The van der Waals surface area contributed by atoms with Gasteiger partial charge in [-0.1, -0.05) is 12.1 Å². The molecule has 21 heavy (non-hydrogen) atoms. The summed E-state index contributed by atoms with van der Waals surface area (Å²) in [6, 6.07) is 4.90. The predicted molar refractivity (Wildman–Crippen MR) is 80.8 cm³/mol. The van der Waals surface area contributed by atoms with Crippen molar-refractivity contribution >= 4 is 17.7 Å². The Morgan fingerprint density at radius 1 is 1.43 bits per heavy atom. The van der Waals surface area contributed by atoms with E-state index in [1.165, 1.54) is 6.07 Å². The Labute approximate surface area is 124 Å². The lowest BCUT2D eigenvalue weighted by molar-refractivity contribution is 0.0698. The smallest absolute Gasteiger partial charge is 0.337 e. The van der Waals surface area contributed by atoms with Gasteiger partial charge in [0, 0.05) is 12.6 Å². The van der Waals surface area contributed by atoms with Gasteiger partial charge >= 0.3 is 12.0 Å². The molecule has 0 radical (unpaired) electrons. The van der Waals surface area contributed by atoms with Gasteiger partial charge in [0.25, 0.3) is 0 Å². The molecule has 2 amide bonds. The molecule has 1 heterocycles. The minimum Gasteiger partial charge on any atom is -0.478 e. The molecule has 1 unspecified atom stereocenters. The van der Waals surface area contributed by atoms with Crippen molar-refractivity contribution in [3.05, 3.63) is 29.3 Å². The number of carboxylic acid groups (broad SMARTS) is 1. The zero-order chi connectivity index (χ0) is 15.4. The molecular formula is C15H21N3O3. The molecule has 1 aromatic rings. The minimum absolute atomic E-state index is 0.100. The van der Waals surface area contributed by atoms with Gasteiger partial charge in [-0.2, -0.15) is 0 Å². The molecular weight excluding hydrogens is 270 g/mol. The lowest BCUT2D eigenvalue weighted by atomic mass is 10.1. The number of nitrogens with zero attached hydrogens (tertiary/aromatic N) is 1. The molecule has 0 aliphatic carbocycles. The monoisotopic (exact) mass is 291 g/mol. The SMILES string of the molecule is Cc1cccc(C(=O)O)c1NC(=O)NCC1CCCN1C. The summed E-state index contributed by atoms with van der Waals surface area (Å²) < 4.78 is 0. The molecule has 0 bridgehead atoms. The molecule has 1 atom stereocenters. The fraction of sp³-hybridized carbons (Fsp3) is 0.467. The number of amides is 2. The van der Waals surface area contributed by atoms with E-state index in [1.54, 1.807) is 19.1 Å². The van der Waals surface area contributed by atoms with Gasteiger partial charge in [0.15, 0.2) is 0 Å². The average Bonchev–Trinajstić information content (AvgIpc) is 2.84. The van der Waals surface area contributed by atoms with Gasteiger partial charge in [-0.15, -0.1) is 0 Å². The highest BCUT2D eigenvalue weighted by molar-refractivity contribution is 6.00. The summed E-state index contributed by atoms with van der Waals surface area (Å²) in [5.41, 5.74) is 1.17. The van der Waals surface area contributed by atoms with Crippen molar-refractivity contribution in [3.63, 3.8) is 0 Å². The van der Waals surface area contributed by atoms with Crippen molar-refractivity contribution in [2.75, 3.05) is 25.5 Å². The van der Waals surface area contributed by atoms with Crippen LogP contribution in [0.25, 0.3) is 0 Å². The van der Waals surface area contributed by atoms with Crippen LogP contribution in [0.1, 0.15) is 28.8 Å². The van der Waals surface area contributed by atoms with Crippen LogP contribution < -0.4 is 10.6 Å². The first kappa shape index (κ1) is 15.3. The van der Waals surface area contributed by atoms with Crippen molar-refractivity contribution < 1.29 is 14.7 Å². The Morgan fingerprint density at radius 3 is 2.81 bits per heavy atom. The number of hydrogen-bond acceptors (Lipinski definition) is 3. The number of likely N-dealkylation sites (N-methyl/N-ethyl adjacent to an activating group) is 1. The van der Waals surface area contributed by atoms with Crippen LogP contribution in [0.4, 0.5) is 10.5 Å². The summed E-state index contributed by atoms with van der Waals surface area (Å²) in [5, 5.41) is 14.6. The molecule has 2 rings (SSSR count). The molecule has 6 nitrogen and oxygen atoms in total. The fourth-order valence-electron chi connectivity index (χ4n) is 2.62. The molecule has 1 fully saturated rings. The first-order valence-electron chi connectivity index (χ1n) is 7.07. The second kappa shape index (κ2) is 6.58. The summed E-state index contributed by atoms with van der Waals surface area (Å²) in [7, 11) is 2.04. The molecule has 1 aromatic carbocycles. The molecule has 6 heteroatoms. The van der Waals surface area contributed by atoms with E-state index in [4.69, 9.17) is 5.11 Å². The first-order valence-corrected chi connectivity index (χ1v) is 7.07. The van der Waals surface area contributed by atoms with Gasteiger partial charge in [-0.05, 0) is 45.0 Å². The lowest BCUT2D eigenvalue weighted by Gasteiger charge is -2.20. The average molecular weight is 291 g/mol. The Bertz CT molecular complexity index is 545. The van der Waals surface area contributed by atoms with Gasteiger partial charge in [0.05, 0.1) is 11.3 Å². The highest BCUT2D eigenvalue weighted by Gasteiger charge is 2.21. The van der Waals surface area contributed by atoms with Crippen LogP contribution in [0, 0.1) is 6.92 Å². The zero-order valence-corrected chi connectivity index (χ0v) is 12.3. The molecule has 1 aliphatic rings. The summed E-state index contributed by atoms with van der Waals surface area (Å²) >= 11 is 0. The largest absolute Gasteiger partial charge is 0.478 e. The van der Waals surface area contributed by atoms with Crippen LogP contribution in [0.5, 0.6) is 0 Å². The highest BCUT2D eigenvalue weighted by atomic mass is 16.4. The van der Waals surface area contributed by atoms with Crippen LogP contribution in [0.15, 0.2) is 18.2 Å². The van der Waals surface area contributed by atoms with Crippen LogP contribution in [0.3, 0.4) is 0 Å². The second-order valence-electron chi connectivity index (χ2n) is 5.41. The van der Waals surface area contributed by atoms with E-state index in [0.717, 1.165) is 24.9 Å². The molecule has 114 valence electrons. The Kier molecular flexibility index (Phi) is 4.80. The normalized spacial score (nSPS) is 18.5. The van der Waals surface area contributed by atoms with E-state index in [9.17, 15) is 9.59 Å². The van der Waals surface area contributed by atoms with Crippen LogP contribution in [0.2, 0.25) is 0 Å². The summed E-state index contributed by atoms with van der Waals surface area (Å²) in [4.78, 5) is 25.4. The maximum absolute atomic E-state index is 12.0. The Hall–Kier alpha value is -2.08. The first-order chi connectivity index (χ1) is 9.99. The maximum Gasteiger partial charge on any atom is 0.337 e. The molecule has 0 saturated carbocycles. The highest BCUT2D eigenvalue weighted by Crippen LogP contribution is 2.20. The maximum atomic E-state index is 12.0. The van der Waals surface area contributed by atoms with Gasteiger partial charge in [-0.25, -0.2) is 9.59 Å². The van der Waals surface area contributed by atoms with Crippen molar-refractivity contribution in [2.24, 2.45) is 0 Å². The number of carbonyl (C=O) groups is 2. The van der Waals surface area contributed by atoms with Crippen molar-refractivity contribution in [2.45, 2.75) is 25.8 Å². The third kappa shape index (κ3) is 3.72. The number of likely N-dealkylation sites (tertiary alicyclic amines) is 1. The van der Waals surface area contributed by atoms with Gasteiger partial charge < -0.3 is 20.6 Å². The number of aryl methyl sites for hydroxylation is 1. The summed E-state index contributed by atoms with van der Waals surface area (Å²) in [6.07, 6.45) is 2.22. The number of anilines is 1. The Morgan fingerprint density at radius 2 is 2.19 bits per heavy atom. The van der Waals surface area contributed by atoms with Gasteiger partial charge in [-0.3, -0.25) is 0 Å². The van der Waals surface area contributed by atoms with Crippen LogP contribution in [-0.2, 0) is 0 Å². The molecule has 0 aromatic heterocycles. The summed E-state index contributed by atoms with van der Waals surface area (Å²) in [5.74, 6) is -1.05. The summed E-state index contributed by atoms with van der Waals surface area (Å²) in [6.45, 7) is 3.39. The third-order valence-electron chi connectivity index (χ3n) is 3.91. The number of urea groups is 1. The third-order valence-corrected chi connectivity index (χ3v) is 3.91. The van der Waals surface area contributed by atoms with Crippen LogP contribution in [-0.4, -0.2) is 48.2 Å². The van der Waals surface area contributed by atoms with E-state index in [1.807, 2.05) is 7.05 Å². The molecule has 1 aliphatic heterocycles. The number of benzene rings is 1. The van der Waals surface area contributed by atoms with E-state index in [2.05, 4.69) is 15.5 Å². The van der Waals surface area contributed by atoms with Crippen molar-refractivity contribution in [3.8, 4) is 0 Å². The van der Waals surface area contributed by atoms with Crippen molar-refractivity contribution in [1.29, 1.82) is 0 Å². The number of carbonyl (C=O) groups excluding carboxylic acids is 1. The van der Waals surface area contributed by atoms with E-state index in [0.29, 0.717) is 18.3 Å². The van der Waals surface area contributed by atoms with E-state index >= 15 is 0 Å². The zero-order valence-electron chi connectivity index (χ0n) is 12.3. The topological polar surface area (TPSA) is 81.7 Å². The second-order valence-corrected chi connectivity index (χ2v) is 5.41. The number of aromatic carboxylic acids is 1. The lowest BCUT2D eigenvalue weighted by Crippen LogP contribution is -2.40. The number of carboxylic acids is 1. The van der Waals surface area contributed by atoms with Crippen molar-refractivity contribution in [1.82, 2.24) is 10.2 Å². The number of para-hydroxylation sites is 1. The fourth-order valence-corrected chi connectivity index (χ4v) is 2.62. The molecule has 1 saturated heterocycles. The quantitative estimate of drug-likeness (QED) is 0.791. The van der Waals surface area contributed by atoms with Gasteiger partial charge in [0.1, 0.15) is 0 Å². The molecule has 0 spiro atoms. The van der Waals surface area contributed by atoms with E-state index < -0.39 is 5.97 Å². The van der Waals surface area contributed by atoms with Gasteiger partial charge in [0.2, 0.25) is 0 Å². The predicted octanol–water partition coefficient (Wildman–Crippen LogP) is 1.91. The standard InChI is InChI=1S/C15H21N3O3/c1-10-5-3-7-12(14(19)20)13(10)17-15(21)16-9-11-6-4-8-18(11)2/h3,5,7,11H,4,6,8-9H2,1-2H3,(H,19,20)(H2,16,17,21). The number of nitrogens with one attached hydrogen (secondary N) is 2.